The van der Waals surface area contributed by atoms with Crippen LogP contribution in [0.1, 0.15) is 6.92 Å². The minimum Gasteiger partial charge on any atom is -0.378 e. The molecule has 3 aromatic heterocycles. The van der Waals surface area contributed by atoms with Gasteiger partial charge in [-0.2, -0.15) is 0 Å². The molecular weight excluding hydrogens is 544 g/mol. The molecule has 5 aromatic rings. The topological polar surface area (TPSA) is 125 Å². The third kappa shape index (κ3) is 6.26. The minimum atomic E-state index is -0.300. The van der Waals surface area contributed by atoms with Crippen molar-refractivity contribution in [3.63, 3.8) is 0 Å². The van der Waals surface area contributed by atoms with Crippen LogP contribution in [-0.2, 0) is 9.53 Å². The number of fused-ring (bicyclic) bond motifs is 1. The highest BCUT2D eigenvalue weighted by Crippen LogP contribution is 2.30. The SMILES string of the molecule is CC(=O)Nc1ccc(N(C)C(=O)Nc2ccc(-c3nc(N4CCOCC4)c4ncc(-c5cccnc5)cc4n3)cc2)cc1. The highest BCUT2D eigenvalue weighted by atomic mass is 16.5. The number of ether oxygens (including phenoxy) is 1. The number of morpholine rings is 1. The molecule has 0 bridgehead atoms. The van der Waals surface area contributed by atoms with E-state index < -0.39 is 0 Å². The molecule has 11 heteroatoms. The Morgan fingerprint density at radius 2 is 1.58 bits per heavy atom. The Morgan fingerprint density at radius 1 is 0.860 bits per heavy atom. The van der Waals surface area contributed by atoms with E-state index in [-0.39, 0.29) is 11.9 Å². The van der Waals surface area contributed by atoms with Crippen LogP contribution in [0.5, 0.6) is 0 Å². The molecule has 0 aliphatic carbocycles. The second kappa shape index (κ2) is 12.2. The Hall–Kier alpha value is -5.42. The first-order chi connectivity index (χ1) is 20.9. The number of hydrogen-bond donors (Lipinski definition) is 2. The van der Waals surface area contributed by atoms with Gasteiger partial charge in [-0.3, -0.25) is 19.7 Å². The summed E-state index contributed by atoms with van der Waals surface area (Å²) in [6, 6.07) is 20.1. The van der Waals surface area contributed by atoms with E-state index in [4.69, 9.17) is 19.7 Å². The summed E-state index contributed by atoms with van der Waals surface area (Å²) < 4.78 is 5.57. The van der Waals surface area contributed by atoms with Crippen molar-refractivity contribution in [1.82, 2.24) is 19.9 Å². The van der Waals surface area contributed by atoms with Crippen molar-refractivity contribution in [2.24, 2.45) is 0 Å². The second-order valence-electron chi connectivity index (χ2n) is 10.1. The maximum Gasteiger partial charge on any atom is 0.326 e. The number of carbonyl (C=O) groups excluding carboxylic acids is 2. The Bertz CT molecular complexity index is 1760. The number of pyridine rings is 2. The normalized spacial score (nSPS) is 13.0. The number of hydrogen-bond acceptors (Lipinski definition) is 8. The van der Waals surface area contributed by atoms with E-state index >= 15 is 0 Å². The number of anilines is 4. The Morgan fingerprint density at radius 3 is 2.28 bits per heavy atom. The average Bonchev–Trinajstić information content (AvgIpc) is 3.05. The van der Waals surface area contributed by atoms with Gasteiger partial charge in [0, 0.05) is 79.4 Å². The Labute approximate surface area is 248 Å². The fourth-order valence-electron chi connectivity index (χ4n) is 4.82. The van der Waals surface area contributed by atoms with Crippen molar-refractivity contribution in [1.29, 1.82) is 0 Å². The summed E-state index contributed by atoms with van der Waals surface area (Å²) in [6.07, 6.45) is 5.38. The molecule has 2 aromatic carbocycles. The zero-order valence-corrected chi connectivity index (χ0v) is 23.8. The first-order valence-corrected chi connectivity index (χ1v) is 13.9. The first-order valence-electron chi connectivity index (χ1n) is 13.9. The third-order valence-corrected chi connectivity index (χ3v) is 7.10. The van der Waals surface area contributed by atoms with Crippen LogP contribution in [0, 0.1) is 0 Å². The molecule has 1 aliphatic rings. The van der Waals surface area contributed by atoms with Gasteiger partial charge in [-0.1, -0.05) is 6.07 Å². The summed E-state index contributed by atoms with van der Waals surface area (Å²) in [5.41, 5.74) is 6.13. The number of nitrogens with zero attached hydrogens (tertiary/aromatic N) is 6. The Balaban J connectivity index is 1.26. The van der Waals surface area contributed by atoms with Crippen LogP contribution in [0.15, 0.2) is 85.3 Å². The molecule has 3 amide bonds. The number of nitrogens with one attached hydrogen (secondary N) is 2. The van der Waals surface area contributed by atoms with Crippen LogP contribution in [0.4, 0.5) is 27.7 Å². The van der Waals surface area contributed by atoms with Crippen LogP contribution in [0.3, 0.4) is 0 Å². The smallest absolute Gasteiger partial charge is 0.326 e. The molecule has 0 spiro atoms. The molecule has 4 heterocycles. The maximum absolute atomic E-state index is 12.9. The predicted octanol–water partition coefficient (Wildman–Crippen LogP) is 5.22. The van der Waals surface area contributed by atoms with Gasteiger partial charge in [0.2, 0.25) is 5.91 Å². The lowest BCUT2D eigenvalue weighted by Crippen LogP contribution is -2.37. The molecule has 216 valence electrons. The van der Waals surface area contributed by atoms with Gasteiger partial charge in [-0.15, -0.1) is 0 Å². The molecule has 43 heavy (non-hydrogen) atoms. The largest absolute Gasteiger partial charge is 0.378 e. The standard InChI is InChI=1S/C32H30N8O3/c1-21(41)35-25-9-11-27(12-10-25)39(2)32(42)36-26-7-5-22(6-8-26)30-37-28-18-24(23-4-3-13-33-19-23)20-34-29(28)31(38-30)40-14-16-43-17-15-40/h3-13,18-20H,14-17H2,1-2H3,(H,35,41)(H,36,42). The summed E-state index contributed by atoms with van der Waals surface area (Å²) in [5, 5.41) is 5.64. The van der Waals surface area contributed by atoms with Crippen molar-refractivity contribution in [3.8, 4) is 22.5 Å². The van der Waals surface area contributed by atoms with Crippen molar-refractivity contribution >= 4 is 45.9 Å². The fourth-order valence-corrected chi connectivity index (χ4v) is 4.82. The monoisotopic (exact) mass is 574 g/mol. The summed E-state index contributed by atoms with van der Waals surface area (Å²) in [7, 11) is 1.68. The first kappa shape index (κ1) is 27.7. The van der Waals surface area contributed by atoms with Gasteiger partial charge in [-0.05, 0) is 60.7 Å². The molecule has 2 N–H and O–H groups in total. The molecule has 1 fully saturated rings. The molecule has 1 aliphatic heterocycles. The van der Waals surface area contributed by atoms with Crippen molar-refractivity contribution in [3.05, 3.63) is 85.3 Å². The number of rotatable bonds is 6. The summed E-state index contributed by atoms with van der Waals surface area (Å²) >= 11 is 0. The molecule has 1 saturated heterocycles. The van der Waals surface area contributed by atoms with Crippen molar-refractivity contribution < 1.29 is 14.3 Å². The molecule has 6 rings (SSSR count). The zero-order chi connectivity index (χ0) is 29.8. The molecule has 0 saturated carbocycles. The van der Waals surface area contributed by atoms with Gasteiger partial charge in [0.15, 0.2) is 11.6 Å². The average molecular weight is 575 g/mol. The van der Waals surface area contributed by atoms with Crippen LogP contribution >= 0.6 is 0 Å². The highest BCUT2D eigenvalue weighted by Gasteiger charge is 2.20. The minimum absolute atomic E-state index is 0.153. The van der Waals surface area contributed by atoms with Gasteiger partial charge in [0.1, 0.15) is 5.52 Å². The van der Waals surface area contributed by atoms with Gasteiger partial charge < -0.3 is 20.3 Å². The van der Waals surface area contributed by atoms with Crippen LogP contribution < -0.4 is 20.4 Å². The lowest BCUT2D eigenvalue weighted by Gasteiger charge is -2.28. The maximum atomic E-state index is 12.9. The molecular formula is C32H30N8O3. The number of carbonyl (C=O) groups is 2. The van der Waals surface area contributed by atoms with Crippen LogP contribution in [0.25, 0.3) is 33.5 Å². The Kier molecular flexibility index (Phi) is 7.88. The molecule has 0 radical (unpaired) electrons. The predicted molar refractivity (Wildman–Crippen MR) is 167 cm³/mol. The van der Waals surface area contributed by atoms with Gasteiger partial charge in [-0.25, -0.2) is 14.8 Å². The summed E-state index contributed by atoms with van der Waals surface area (Å²) in [4.78, 5) is 46.7. The quantitative estimate of drug-likeness (QED) is 0.283. The third-order valence-electron chi connectivity index (χ3n) is 7.10. The van der Waals surface area contributed by atoms with Gasteiger partial charge in [0.05, 0.1) is 18.7 Å². The number of urea groups is 1. The van der Waals surface area contributed by atoms with E-state index in [0.717, 1.165) is 33.5 Å². The second-order valence-corrected chi connectivity index (χ2v) is 10.1. The molecule has 0 unspecified atom stereocenters. The van der Waals surface area contributed by atoms with Gasteiger partial charge in [0.25, 0.3) is 0 Å². The molecule has 0 atom stereocenters. The van der Waals surface area contributed by atoms with E-state index in [1.165, 1.54) is 11.8 Å². The van der Waals surface area contributed by atoms with E-state index in [2.05, 4.69) is 20.5 Å². The lowest BCUT2D eigenvalue weighted by molar-refractivity contribution is -0.114. The number of aromatic nitrogens is 4. The van der Waals surface area contributed by atoms with Crippen LogP contribution in [-0.4, -0.2) is 65.2 Å². The van der Waals surface area contributed by atoms with E-state index in [9.17, 15) is 9.59 Å². The summed E-state index contributed by atoms with van der Waals surface area (Å²) in [5.74, 6) is 1.18. The van der Waals surface area contributed by atoms with Crippen molar-refractivity contribution in [2.45, 2.75) is 6.92 Å². The van der Waals surface area contributed by atoms with E-state index in [1.54, 1.807) is 43.7 Å². The fraction of sp³-hybridized carbons (Fsp3) is 0.188. The highest BCUT2D eigenvalue weighted by molar-refractivity contribution is 6.01. The molecule has 11 nitrogen and oxygen atoms in total. The van der Waals surface area contributed by atoms with E-state index in [1.807, 2.05) is 48.7 Å². The van der Waals surface area contributed by atoms with Crippen molar-refractivity contribution in [2.75, 3.05) is 53.8 Å². The lowest BCUT2D eigenvalue weighted by atomic mass is 10.1. The number of benzene rings is 2. The zero-order valence-electron chi connectivity index (χ0n) is 23.8. The van der Waals surface area contributed by atoms with Crippen LogP contribution in [0.2, 0.25) is 0 Å². The van der Waals surface area contributed by atoms with Gasteiger partial charge >= 0.3 is 6.03 Å². The number of amides is 3. The summed E-state index contributed by atoms with van der Waals surface area (Å²) in [6.45, 7) is 4.12. The van der Waals surface area contributed by atoms with E-state index in [0.29, 0.717) is 49.2 Å².